The number of carbonyl (C=O) groups excluding carboxylic acids is 1. The van der Waals surface area contributed by atoms with E-state index >= 15 is 0 Å². The first kappa shape index (κ1) is 24.6. The number of thiophene rings is 1. The van der Waals surface area contributed by atoms with Gasteiger partial charge in [0.1, 0.15) is 5.00 Å². The molecule has 2 aromatic heterocycles. The Morgan fingerprint density at radius 2 is 1.82 bits per heavy atom. The number of aryl methyl sites for hydroxylation is 1. The number of aromatic nitrogens is 1. The fourth-order valence-electron chi connectivity index (χ4n) is 4.70. The largest absolute Gasteiger partial charge is 0.331 e. The second kappa shape index (κ2) is 11.2. The molecule has 182 valence electrons. The van der Waals surface area contributed by atoms with Crippen molar-refractivity contribution in [2.24, 2.45) is 5.92 Å². The molecule has 1 atom stereocenters. The van der Waals surface area contributed by atoms with E-state index in [4.69, 9.17) is 0 Å². The van der Waals surface area contributed by atoms with E-state index in [0.29, 0.717) is 5.92 Å². The van der Waals surface area contributed by atoms with Gasteiger partial charge in [0, 0.05) is 41.6 Å². The Kier molecular flexibility index (Phi) is 8.11. The summed E-state index contributed by atoms with van der Waals surface area (Å²) in [5.41, 5.74) is 4.85. The number of nitrogens with one attached hydrogen (secondary N) is 2. The molecule has 34 heavy (non-hydrogen) atoms. The van der Waals surface area contributed by atoms with Gasteiger partial charge in [0.25, 0.3) is 0 Å². The Morgan fingerprint density at radius 3 is 2.47 bits per heavy atom. The van der Waals surface area contributed by atoms with Crippen molar-refractivity contribution in [3.63, 3.8) is 0 Å². The van der Waals surface area contributed by atoms with E-state index in [9.17, 15) is 4.79 Å². The van der Waals surface area contributed by atoms with Gasteiger partial charge in [-0.3, -0.25) is 4.90 Å². The first-order valence-corrected chi connectivity index (χ1v) is 13.5. The summed E-state index contributed by atoms with van der Waals surface area (Å²) in [5.74, 6) is 0.578. The molecule has 0 fully saturated rings. The maximum atomic E-state index is 13.1. The average Bonchev–Trinajstić information content (AvgIpc) is 3.49. The van der Waals surface area contributed by atoms with Crippen molar-refractivity contribution in [2.45, 2.75) is 66.0 Å². The maximum Gasteiger partial charge on any atom is 0.319 e. The Hall–Kier alpha value is -2.57. The van der Waals surface area contributed by atoms with Crippen molar-refractivity contribution < 1.29 is 4.79 Å². The molecule has 2 N–H and O–H groups in total. The number of hydrogen-bond donors (Lipinski definition) is 2. The van der Waals surface area contributed by atoms with Gasteiger partial charge in [-0.05, 0) is 73.5 Å². The third-order valence-electron chi connectivity index (χ3n) is 6.75. The minimum Gasteiger partial charge on any atom is -0.331 e. The zero-order valence-corrected chi connectivity index (χ0v) is 21.8. The van der Waals surface area contributed by atoms with Crippen molar-refractivity contribution in [1.29, 1.82) is 0 Å². The predicted molar refractivity (Wildman–Crippen MR) is 143 cm³/mol. The number of urea groups is 1. The third-order valence-corrected chi connectivity index (χ3v) is 8.00. The summed E-state index contributed by atoms with van der Waals surface area (Å²) >= 11 is 1.89. The minimum absolute atomic E-state index is 0.0251. The average molecular weight is 479 g/mol. The fraction of sp³-hybridized carbons (Fsp3) is 0.464. The SMILES string of the molecule is CCc1ccc(NC(=O)N[C@H](CCC(C)C)c2c(-n3cccc3)sc3c2CCN(CC)C3)cc1. The molecule has 2 amide bonds. The zero-order chi connectivity index (χ0) is 24.1. The lowest BCUT2D eigenvalue weighted by Crippen LogP contribution is -2.35. The van der Waals surface area contributed by atoms with E-state index in [0.717, 1.165) is 51.0 Å². The van der Waals surface area contributed by atoms with Crippen LogP contribution in [-0.2, 0) is 19.4 Å². The Bertz CT molecular complexity index is 1070. The van der Waals surface area contributed by atoms with Crippen LogP contribution in [-0.4, -0.2) is 28.6 Å². The van der Waals surface area contributed by atoms with Gasteiger partial charge in [-0.2, -0.15) is 0 Å². The molecule has 0 unspecified atom stereocenters. The molecule has 6 heteroatoms. The molecule has 3 heterocycles. The maximum absolute atomic E-state index is 13.1. The van der Waals surface area contributed by atoms with Crippen molar-refractivity contribution in [3.8, 4) is 5.00 Å². The van der Waals surface area contributed by atoms with Crippen LogP contribution in [0.3, 0.4) is 0 Å². The monoisotopic (exact) mass is 478 g/mol. The van der Waals surface area contributed by atoms with Crippen LogP contribution in [0.25, 0.3) is 5.00 Å². The summed E-state index contributed by atoms with van der Waals surface area (Å²) in [5, 5.41) is 7.67. The lowest BCUT2D eigenvalue weighted by atomic mass is 9.92. The van der Waals surface area contributed by atoms with Crippen LogP contribution in [0.1, 0.15) is 68.1 Å². The Morgan fingerprint density at radius 1 is 1.09 bits per heavy atom. The van der Waals surface area contributed by atoms with Gasteiger partial charge in [-0.15, -0.1) is 11.3 Å². The summed E-state index contributed by atoms with van der Waals surface area (Å²) in [6.07, 6.45) is 8.25. The summed E-state index contributed by atoms with van der Waals surface area (Å²) in [7, 11) is 0. The molecule has 5 nitrogen and oxygen atoms in total. The van der Waals surface area contributed by atoms with Crippen LogP contribution in [0.2, 0.25) is 0 Å². The Labute approximate surface area is 208 Å². The quantitative estimate of drug-likeness (QED) is 0.356. The topological polar surface area (TPSA) is 49.3 Å². The highest BCUT2D eigenvalue weighted by Gasteiger charge is 2.30. The van der Waals surface area contributed by atoms with Crippen LogP contribution in [0.4, 0.5) is 10.5 Å². The summed E-state index contributed by atoms with van der Waals surface area (Å²) < 4.78 is 2.22. The first-order valence-electron chi connectivity index (χ1n) is 12.6. The molecular formula is C28H38N4OS. The van der Waals surface area contributed by atoms with Gasteiger partial charge in [-0.1, -0.05) is 39.8 Å². The normalized spacial score (nSPS) is 14.7. The molecular weight excluding hydrogens is 440 g/mol. The van der Waals surface area contributed by atoms with E-state index in [1.54, 1.807) is 0 Å². The summed E-state index contributed by atoms with van der Waals surface area (Å²) in [4.78, 5) is 17.1. The molecule has 3 aromatic rings. The fourth-order valence-corrected chi connectivity index (χ4v) is 6.11. The number of hydrogen-bond acceptors (Lipinski definition) is 3. The summed E-state index contributed by atoms with van der Waals surface area (Å²) in [6, 6.07) is 12.1. The van der Waals surface area contributed by atoms with Crippen LogP contribution >= 0.6 is 11.3 Å². The van der Waals surface area contributed by atoms with Gasteiger partial charge in [-0.25, -0.2) is 4.79 Å². The van der Waals surface area contributed by atoms with Crippen LogP contribution < -0.4 is 10.6 Å². The number of rotatable bonds is 9. The molecule has 0 saturated carbocycles. The molecule has 1 aromatic carbocycles. The van der Waals surface area contributed by atoms with Crippen molar-refractivity contribution in [3.05, 3.63) is 70.4 Å². The van der Waals surface area contributed by atoms with Gasteiger partial charge in [0.2, 0.25) is 0 Å². The number of carbonyl (C=O) groups is 1. The number of likely N-dealkylation sites (N-methyl/N-ethyl adjacent to an activating group) is 1. The highest BCUT2D eigenvalue weighted by molar-refractivity contribution is 7.15. The molecule has 0 saturated heterocycles. The highest BCUT2D eigenvalue weighted by atomic mass is 32.1. The van der Waals surface area contributed by atoms with E-state index in [1.807, 2.05) is 23.5 Å². The van der Waals surface area contributed by atoms with E-state index in [2.05, 4.69) is 84.5 Å². The molecule has 1 aliphatic heterocycles. The van der Waals surface area contributed by atoms with Crippen molar-refractivity contribution in [2.75, 3.05) is 18.4 Å². The first-order chi connectivity index (χ1) is 16.5. The molecule has 0 radical (unpaired) electrons. The lowest BCUT2D eigenvalue weighted by molar-refractivity contribution is 0.246. The van der Waals surface area contributed by atoms with Gasteiger partial charge in [0.15, 0.2) is 0 Å². The van der Waals surface area contributed by atoms with Gasteiger partial charge < -0.3 is 15.2 Å². The second-order valence-electron chi connectivity index (χ2n) is 9.60. The standard InChI is InChI=1S/C28H38N4OS/c1-5-21-10-12-22(13-11-21)29-28(33)30-24(14-9-20(3)4)26-23-15-18-31(6-2)19-25(23)34-27(26)32-16-7-8-17-32/h7-8,10-13,16-17,20,24H,5-6,9,14-15,18-19H2,1-4H3,(H2,29,30,33)/t24-/m1/s1. The van der Waals surface area contributed by atoms with Gasteiger partial charge in [0.05, 0.1) is 6.04 Å². The van der Waals surface area contributed by atoms with Crippen molar-refractivity contribution in [1.82, 2.24) is 14.8 Å². The zero-order valence-electron chi connectivity index (χ0n) is 20.9. The van der Waals surface area contributed by atoms with E-state index < -0.39 is 0 Å². The molecule has 1 aliphatic rings. The number of nitrogens with zero attached hydrogens (tertiary/aromatic N) is 2. The van der Waals surface area contributed by atoms with E-state index in [1.165, 1.54) is 26.6 Å². The van der Waals surface area contributed by atoms with Crippen LogP contribution in [0, 0.1) is 5.92 Å². The highest BCUT2D eigenvalue weighted by Crippen LogP contribution is 2.41. The number of benzene rings is 1. The minimum atomic E-state index is -0.137. The van der Waals surface area contributed by atoms with Crippen molar-refractivity contribution >= 4 is 23.1 Å². The molecule has 0 aliphatic carbocycles. The third kappa shape index (κ3) is 5.73. The van der Waals surface area contributed by atoms with Crippen LogP contribution in [0.5, 0.6) is 0 Å². The summed E-state index contributed by atoms with van der Waals surface area (Å²) in [6.45, 7) is 12.0. The lowest BCUT2D eigenvalue weighted by Gasteiger charge is -2.28. The predicted octanol–water partition coefficient (Wildman–Crippen LogP) is 6.78. The number of amides is 2. The molecule has 0 spiro atoms. The Balaban J connectivity index is 1.64. The smallest absolute Gasteiger partial charge is 0.319 e. The molecule has 4 rings (SSSR count). The van der Waals surface area contributed by atoms with E-state index in [-0.39, 0.29) is 12.1 Å². The van der Waals surface area contributed by atoms with Gasteiger partial charge >= 0.3 is 6.03 Å². The van der Waals surface area contributed by atoms with Crippen LogP contribution in [0.15, 0.2) is 48.8 Å². The number of fused-ring (bicyclic) bond motifs is 1. The number of anilines is 1. The second-order valence-corrected chi connectivity index (χ2v) is 10.7. The molecule has 0 bridgehead atoms.